The SMILES string of the molecule is C=C[C@]1(NC2=NCC3(Cl)C=CC[C@@H](CC2)C3)CN1/C(=C\C)CC. The van der Waals surface area contributed by atoms with Crippen molar-refractivity contribution in [2.45, 2.75) is 56.5 Å². The second kappa shape index (κ2) is 6.35. The summed E-state index contributed by atoms with van der Waals surface area (Å²) in [6.07, 6.45) is 14.0. The van der Waals surface area contributed by atoms with Crippen LogP contribution in [0.3, 0.4) is 0 Å². The Balaban J connectivity index is 1.73. The van der Waals surface area contributed by atoms with Crippen LogP contribution in [0.25, 0.3) is 0 Å². The highest BCUT2D eigenvalue weighted by atomic mass is 35.5. The van der Waals surface area contributed by atoms with Crippen molar-refractivity contribution in [3.8, 4) is 0 Å². The van der Waals surface area contributed by atoms with Crippen molar-refractivity contribution >= 4 is 17.4 Å². The molecule has 0 aromatic rings. The van der Waals surface area contributed by atoms with Gasteiger partial charge in [0, 0.05) is 12.1 Å². The van der Waals surface area contributed by atoms with Crippen LogP contribution >= 0.6 is 11.6 Å². The Kier molecular flexibility index (Phi) is 4.59. The number of halogens is 1. The Bertz CT molecular complexity index is 565. The van der Waals surface area contributed by atoms with Gasteiger partial charge in [-0.05, 0) is 44.6 Å². The van der Waals surface area contributed by atoms with Gasteiger partial charge in [0.05, 0.1) is 23.8 Å². The summed E-state index contributed by atoms with van der Waals surface area (Å²) in [7, 11) is 0. The van der Waals surface area contributed by atoms with Gasteiger partial charge in [-0.2, -0.15) is 0 Å². The van der Waals surface area contributed by atoms with E-state index >= 15 is 0 Å². The van der Waals surface area contributed by atoms with Crippen molar-refractivity contribution in [1.29, 1.82) is 0 Å². The summed E-state index contributed by atoms with van der Waals surface area (Å²) >= 11 is 6.73. The average molecular weight is 334 g/mol. The lowest BCUT2D eigenvalue weighted by Gasteiger charge is -2.33. The summed E-state index contributed by atoms with van der Waals surface area (Å²) in [6, 6.07) is 0. The molecule has 4 heteroatoms. The third kappa shape index (κ3) is 3.35. The summed E-state index contributed by atoms with van der Waals surface area (Å²) < 4.78 is 0. The van der Waals surface area contributed by atoms with Crippen molar-refractivity contribution in [3.63, 3.8) is 0 Å². The first-order chi connectivity index (χ1) is 11.0. The van der Waals surface area contributed by atoms with Gasteiger partial charge in [0.25, 0.3) is 0 Å². The van der Waals surface area contributed by atoms with Gasteiger partial charge >= 0.3 is 0 Å². The number of fused-ring (bicyclic) bond motifs is 2. The van der Waals surface area contributed by atoms with Gasteiger partial charge in [0.2, 0.25) is 0 Å². The van der Waals surface area contributed by atoms with E-state index in [4.69, 9.17) is 16.6 Å². The molecule has 23 heavy (non-hydrogen) atoms. The number of nitrogens with one attached hydrogen (secondary N) is 1. The number of rotatable bonds is 4. The molecule has 0 radical (unpaired) electrons. The maximum atomic E-state index is 6.73. The Hall–Kier alpha value is -1.22. The fraction of sp³-hybridized carbons (Fsp3) is 0.632. The second-order valence-electron chi connectivity index (χ2n) is 7.02. The summed E-state index contributed by atoms with van der Waals surface area (Å²) in [5.74, 6) is 1.77. The molecule has 2 heterocycles. The molecular formula is C19H28ClN3. The maximum absolute atomic E-state index is 6.73. The quantitative estimate of drug-likeness (QED) is 0.474. The van der Waals surface area contributed by atoms with Gasteiger partial charge < -0.3 is 10.2 Å². The van der Waals surface area contributed by atoms with E-state index < -0.39 is 0 Å². The molecule has 1 N–H and O–H groups in total. The lowest BCUT2D eigenvalue weighted by Crippen LogP contribution is -2.42. The Labute approximate surface area is 145 Å². The molecule has 126 valence electrons. The minimum atomic E-state index is -0.279. The highest BCUT2D eigenvalue weighted by molar-refractivity contribution is 6.25. The van der Waals surface area contributed by atoms with E-state index in [1.807, 2.05) is 6.08 Å². The van der Waals surface area contributed by atoms with Crippen molar-refractivity contribution in [2.75, 3.05) is 13.1 Å². The van der Waals surface area contributed by atoms with Crippen LogP contribution in [0.4, 0.5) is 0 Å². The highest BCUT2D eigenvalue weighted by Gasteiger charge is 2.51. The van der Waals surface area contributed by atoms with E-state index in [1.54, 1.807) is 0 Å². The molecule has 2 bridgehead atoms. The Morgan fingerprint density at radius 3 is 3.13 bits per heavy atom. The molecule has 3 rings (SSSR count). The molecule has 3 atom stereocenters. The molecule has 1 aliphatic carbocycles. The lowest BCUT2D eigenvalue weighted by atomic mass is 9.82. The molecule has 1 unspecified atom stereocenters. The Morgan fingerprint density at radius 1 is 1.61 bits per heavy atom. The van der Waals surface area contributed by atoms with Gasteiger partial charge in [-0.1, -0.05) is 31.7 Å². The first-order valence-electron chi connectivity index (χ1n) is 8.79. The van der Waals surface area contributed by atoms with Crippen LogP contribution in [0.1, 0.15) is 46.0 Å². The van der Waals surface area contributed by atoms with Gasteiger partial charge in [-0.3, -0.25) is 4.99 Å². The minimum Gasteiger partial charge on any atom is -0.347 e. The van der Waals surface area contributed by atoms with Crippen LogP contribution in [0.5, 0.6) is 0 Å². The first kappa shape index (κ1) is 16.6. The summed E-state index contributed by atoms with van der Waals surface area (Å²) in [6.45, 7) is 9.98. The van der Waals surface area contributed by atoms with Crippen molar-refractivity contribution in [1.82, 2.24) is 10.2 Å². The minimum absolute atomic E-state index is 0.152. The van der Waals surface area contributed by atoms with Crippen molar-refractivity contribution < 1.29 is 0 Å². The van der Waals surface area contributed by atoms with E-state index in [2.05, 4.69) is 48.9 Å². The molecule has 2 aliphatic heterocycles. The molecule has 3 nitrogen and oxygen atoms in total. The van der Waals surface area contributed by atoms with Crippen molar-refractivity contribution in [3.05, 3.63) is 36.6 Å². The third-order valence-corrected chi connectivity index (χ3v) is 5.75. The fourth-order valence-corrected chi connectivity index (χ4v) is 4.25. The number of alkyl halides is 1. The molecule has 3 aliphatic rings. The zero-order valence-corrected chi connectivity index (χ0v) is 15.1. The topological polar surface area (TPSA) is 27.4 Å². The molecule has 0 amide bonds. The predicted molar refractivity (Wildman–Crippen MR) is 98.8 cm³/mol. The van der Waals surface area contributed by atoms with Crippen LogP contribution in [-0.4, -0.2) is 34.4 Å². The van der Waals surface area contributed by atoms with Gasteiger partial charge in [0.15, 0.2) is 0 Å². The molecular weight excluding hydrogens is 306 g/mol. The second-order valence-corrected chi connectivity index (χ2v) is 7.77. The first-order valence-corrected chi connectivity index (χ1v) is 9.16. The Morgan fingerprint density at radius 2 is 2.43 bits per heavy atom. The molecule has 0 aromatic heterocycles. The predicted octanol–water partition coefficient (Wildman–Crippen LogP) is 4.22. The molecule has 0 saturated carbocycles. The third-order valence-electron chi connectivity index (χ3n) is 5.35. The lowest BCUT2D eigenvalue weighted by molar-refractivity contribution is 0.391. The zero-order valence-electron chi connectivity index (χ0n) is 14.3. The normalized spacial score (nSPS) is 36.8. The maximum Gasteiger partial charge on any atom is 0.148 e. The fourth-order valence-electron chi connectivity index (χ4n) is 3.89. The molecule has 1 fully saturated rings. The summed E-state index contributed by atoms with van der Waals surface area (Å²) in [5, 5.41) is 3.66. The highest BCUT2D eigenvalue weighted by Crippen LogP contribution is 2.39. The van der Waals surface area contributed by atoms with Gasteiger partial charge in [0.1, 0.15) is 5.66 Å². The zero-order chi connectivity index (χ0) is 16.5. The summed E-state index contributed by atoms with van der Waals surface area (Å²) in [4.78, 5) is 6.92. The molecule has 0 aromatic carbocycles. The molecule has 0 spiro atoms. The van der Waals surface area contributed by atoms with E-state index in [0.717, 1.165) is 44.5 Å². The standard InChI is InChI=1S/C19H28ClN3/c1-4-16(5-2)23-14-19(23,6-3)22-17-10-9-15-8-7-11-18(20,12-15)13-21-17/h4,6-7,11,15H,3,5,8-10,12-14H2,1-2H3,(H,21,22)/b16-4-/t15-,18?,19+,23?/m0/s1. The number of amidine groups is 1. The number of aliphatic imine (C=N–C) groups is 1. The van der Waals surface area contributed by atoms with Crippen LogP contribution in [0.2, 0.25) is 0 Å². The van der Waals surface area contributed by atoms with E-state index in [9.17, 15) is 0 Å². The van der Waals surface area contributed by atoms with Crippen LogP contribution < -0.4 is 5.32 Å². The summed E-state index contributed by atoms with van der Waals surface area (Å²) in [5.41, 5.74) is 1.21. The van der Waals surface area contributed by atoms with Crippen LogP contribution in [0, 0.1) is 5.92 Å². The van der Waals surface area contributed by atoms with E-state index in [1.165, 1.54) is 5.70 Å². The van der Waals surface area contributed by atoms with Gasteiger partial charge in [-0.25, -0.2) is 0 Å². The van der Waals surface area contributed by atoms with Crippen LogP contribution in [-0.2, 0) is 0 Å². The van der Waals surface area contributed by atoms with E-state index in [-0.39, 0.29) is 10.5 Å². The number of nitrogens with zero attached hydrogens (tertiary/aromatic N) is 2. The largest absolute Gasteiger partial charge is 0.347 e. The number of allylic oxidation sites excluding steroid dienone is 3. The van der Waals surface area contributed by atoms with E-state index in [0.29, 0.717) is 12.5 Å². The average Bonchev–Trinajstić information content (AvgIpc) is 3.25. The van der Waals surface area contributed by atoms with Gasteiger partial charge in [-0.15, -0.1) is 11.6 Å². The smallest absolute Gasteiger partial charge is 0.148 e. The number of hydrogen-bond donors (Lipinski definition) is 1. The molecule has 1 saturated heterocycles. The van der Waals surface area contributed by atoms with Crippen LogP contribution in [0.15, 0.2) is 41.6 Å². The van der Waals surface area contributed by atoms with Crippen molar-refractivity contribution in [2.24, 2.45) is 10.9 Å². The number of hydrogen-bond acceptors (Lipinski definition) is 3. The monoisotopic (exact) mass is 333 g/mol.